The van der Waals surface area contributed by atoms with Crippen molar-refractivity contribution in [3.8, 4) is 17.0 Å². The minimum Gasteiger partial charge on any atom is -0.477 e. The van der Waals surface area contributed by atoms with Crippen molar-refractivity contribution in [2.45, 2.75) is 52.1 Å². The Morgan fingerprint density at radius 1 is 0.927 bits per heavy atom. The quantitative estimate of drug-likeness (QED) is 0.0885. The Balaban J connectivity index is 1.38. The van der Waals surface area contributed by atoms with Crippen molar-refractivity contribution in [3.63, 3.8) is 0 Å². The molecule has 284 valence electrons. The molecule has 0 saturated carbocycles. The first-order chi connectivity index (χ1) is 26.5. The molecule has 3 aromatic carbocycles. The third kappa shape index (κ3) is 9.72. The highest BCUT2D eigenvalue weighted by Gasteiger charge is 2.27. The Bertz CT molecular complexity index is 2190. The van der Waals surface area contributed by atoms with Crippen molar-refractivity contribution >= 4 is 29.3 Å². The van der Waals surface area contributed by atoms with Gasteiger partial charge in [-0.15, -0.1) is 5.10 Å². The smallest absolute Gasteiger partial charge is 0.407 e. The van der Waals surface area contributed by atoms with Crippen molar-refractivity contribution < 1.29 is 28.6 Å². The Labute approximate surface area is 317 Å². The highest BCUT2D eigenvalue weighted by molar-refractivity contribution is 6.00. The van der Waals surface area contributed by atoms with E-state index in [9.17, 15) is 19.1 Å². The van der Waals surface area contributed by atoms with Gasteiger partial charge in [0.25, 0.3) is 0 Å². The molecule has 0 bridgehead atoms. The second-order valence-corrected chi connectivity index (χ2v) is 13.8. The molecule has 0 aliphatic heterocycles. The Hall–Kier alpha value is -6.54. The first kappa shape index (κ1) is 38.2. The first-order valence-corrected chi connectivity index (χ1v) is 17.7. The molecule has 1 amide bonds. The number of carbonyl (C=O) groups is 2. The number of pyridine rings is 1. The maximum absolute atomic E-state index is 14.6. The molecule has 1 atom stereocenters. The average molecular weight is 747 g/mol. The van der Waals surface area contributed by atoms with E-state index in [-0.39, 0.29) is 48.1 Å². The van der Waals surface area contributed by atoms with Crippen molar-refractivity contribution in [1.29, 1.82) is 0 Å². The van der Waals surface area contributed by atoms with Crippen LogP contribution in [0.4, 0.5) is 20.8 Å². The van der Waals surface area contributed by atoms with Gasteiger partial charge in [-0.1, -0.05) is 91.0 Å². The van der Waals surface area contributed by atoms with Crippen molar-refractivity contribution in [3.05, 3.63) is 138 Å². The van der Waals surface area contributed by atoms with E-state index in [1.54, 1.807) is 31.5 Å². The fraction of sp³-hybridized carbons (Fsp3) is 0.244. The number of nitrogens with one attached hydrogen (secondary N) is 2. The van der Waals surface area contributed by atoms with Crippen LogP contribution in [0.3, 0.4) is 0 Å². The number of nitrogens with zero attached hydrogens (tertiary/aromatic N) is 5. The lowest BCUT2D eigenvalue weighted by atomic mass is 10.1. The summed E-state index contributed by atoms with van der Waals surface area (Å²) in [7, 11) is 0. The molecule has 1 unspecified atom stereocenters. The number of fused-ring (bicyclic) bond motifs is 1. The zero-order valence-electron chi connectivity index (χ0n) is 30.8. The summed E-state index contributed by atoms with van der Waals surface area (Å²) in [5, 5.41) is 21.1. The molecule has 0 aliphatic rings. The summed E-state index contributed by atoms with van der Waals surface area (Å²) in [6.45, 7) is 6.05. The number of hydrogen-bond acceptors (Lipinski definition) is 10. The van der Waals surface area contributed by atoms with Crippen LogP contribution >= 0.6 is 0 Å². The molecule has 0 radical (unpaired) electrons. The predicted octanol–water partition coefficient (Wildman–Crippen LogP) is 6.68. The van der Waals surface area contributed by atoms with Crippen LogP contribution in [0.25, 0.3) is 16.8 Å². The predicted molar refractivity (Wildman–Crippen MR) is 207 cm³/mol. The van der Waals surface area contributed by atoms with Crippen LogP contribution in [0, 0.1) is 5.82 Å². The van der Waals surface area contributed by atoms with Crippen LogP contribution < -0.4 is 26.0 Å². The number of nitrogens with two attached hydrogens (primary N) is 1. The van der Waals surface area contributed by atoms with Gasteiger partial charge in [0.05, 0.1) is 12.7 Å². The van der Waals surface area contributed by atoms with E-state index in [0.29, 0.717) is 18.9 Å². The van der Waals surface area contributed by atoms with E-state index in [2.05, 4.69) is 25.5 Å². The number of ether oxygens (including phenoxy) is 2. The molecule has 14 heteroatoms. The third-order valence-electron chi connectivity index (χ3n) is 8.40. The molecule has 55 heavy (non-hydrogen) atoms. The van der Waals surface area contributed by atoms with Crippen molar-refractivity contribution in [1.82, 2.24) is 24.9 Å². The number of anilines is 2. The number of aromatic nitrogens is 4. The number of amides is 1. The van der Waals surface area contributed by atoms with Crippen LogP contribution in [0.15, 0.2) is 109 Å². The van der Waals surface area contributed by atoms with Gasteiger partial charge in [-0.05, 0) is 43.5 Å². The number of rotatable bonds is 15. The minimum atomic E-state index is -1.26. The van der Waals surface area contributed by atoms with Crippen LogP contribution in [0.2, 0.25) is 0 Å². The number of carbonyl (C=O) groups excluding carboxylic acids is 1. The third-order valence-corrected chi connectivity index (χ3v) is 8.40. The summed E-state index contributed by atoms with van der Waals surface area (Å²) in [5.74, 6) is -1.23. The molecule has 0 saturated heterocycles. The second kappa shape index (κ2) is 17.1. The monoisotopic (exact) mass is 746 g/mol. The normalized spacial score (nSPS) is 11.9. The molecular weight excluding hydrogens is 704 g/mol. The molecule has 3 heterocycles. The average Bonchev–Trinajstić information content (AvgIpc) is 3.55. The van der Waals surface area contributed by atoms with Gasteiger partial charge in [-0.2, -0.15) is 4.52 Å². The maximum Gasteiger partial charge on any atom is 0.407 e. The Kier molecular flexibility index (Phi) is 11.9. The molecule has 0 spiro atoms. The van der Waals surface area contributed by atoms with Gasteiger partial charge >= 0.3 is 12.1 Å². The number of aromatic carboxylic acids is 1. The van der Waals surface area contributed by atoms with Gasteiger partial charge in [-0.3, -0.25) is 0 Å². The number of alkyl carbamates (subject to hydrolysis) is 1. The van der Waals surface area contributed by atoms with Gasteiger partial charge in [0.15, 0.2) is 11.5 Å². The lowest BCUT2D eigenvalue weighted by Crippen LogP contribution is -2.42. The Morgan fingerprint density at radius 2 is 1.55 bits per heavy atom. The van der Waals surface area contributed by atoms with Gasteiger partial charge < -0.3 is 35.8 Å². The molecule has 6 rings (SSSR count). The lowest BCUT2D eigenvalue weighted by Gasteiger charge is -2.28. The second-order valence-electron chi connectivity index (χ2n) is 13.8. The number of benzene rings is 3. The molecule has 6 aromatic rings. The largest absolute Gasteiger partial charge is 0.477 e. The molecule has 0 aliphatic carbocycles. The summed E-state index contributed by atoms with van der Waals surface area (Å²) in [5.41, 5.74) is 9.12. The van der Waals surface area contributed by atoms with E-state index in [0.717, 1.165) is 28.5 Å². The van der Waals surface area contributed by atoms with E-state index >= 15 is 0 Å². The molecule has 0 fully saturated rings. The molecular formula is C41H43FN8O5. The van der Waals surface area contributed by atoms with Crippen molar-refractivity contribution in [2.75, 3.05) is 23.3 Å². The molecule has 3 aromatic heterocycles. The number of halogens is 1. The zero-order valence-corrected chi connectivity index (χ0v) is 30.8. The van der Waals surface area contributed by atoms with Crippen LogP contribution in [-0.2, 0) is 24.4 Å². The minimum absolute atomic E-state index is 0.00201. The number of carboxylic acids is 1. The molecule has 5 N–H and O–H groups in total. The number of carboxylic acid groups (broad SMARTS) is 1. The van der Waals surface area contributed by atoms with Gasteiger partial charge in [0.2, 0.25) is 5.88 Å². The summed E-state index contributed by atoms with van der Waals surface area (Å²) in [6, 6.07) is 30.9. The lowest BCUT2D eigenvalue weighted by molar-refractivity contribution is 0.0501. The van der Waals surface area contributed by atoms with Gasteiger partial charge in [0, 0.05) is 43.5 Å². The highest BCUT2D eigenvalue weighted by atomic mass is 19.1. The van der Waals surface area contributed by atoms with Crippen molar-refractivity contribution in [2.24, 2.45) is 5.73 Å². The summed E-state index contributed by atoms with van der Waals surface area (Å²) in [4.78, 5) is 36.1. The standard InChI is InChI=1S/C41H43FN8O5/c1-41(2,3)55-40(53)47-23-32(20-43)54-37-30(19-31(42)22-46-37)21-44-35-34(39(51)52)36-45-24-33(29-17-11-6-12-18-29)38(50(36)48-35)49(25-27-13-7-4-8-14-27)26-28-15-9-5-10-16-28/h4-19,22,24,32H,20-21,23,25-26,43H2,1-3H3,(H,44,48)(H,47,53)(H,51,52). The first-order valence-electron chi connectivity index (χ1n) is 17.7. The summed E-state index contributed by atoms with van der Waals surface area (Å²) in [6.07, 6.45) is 1.28. The topological polar surface area (TPSA) is 169 Å². The number of hydrogen-bond donors (Lipinski definition) is 4. The van der Waals surface area contributed by atoms with E-state index in [1.807, 2.05) is 91.0 Å². The Morgan fingerprint density at radius 3 is 2.13 bits per heavy atom. The van der Waals surface area contributed by atoms with Gasteiger partial charge in [0.1, 0.15) is 28.9 Å². The summed E-state index contributed by atoms with van der Waals surface area (Å²) < 4.78 is 27.5. The van der Waals surface area contributed by atoms with Gasteiger partial charge in [-0.25, -0.2) is 23.9 Å². The van der Waals surface area contributed by atoms with Crippen LogP contribution in [-0.4, -0.2) is 61.5 Å². The molecule has 13 nitrogen and oxygen atoms in total. The fourth-order valence-electron chi connectivity index (χ4n) is 5.96. The zero-order chi connectivity index (χ0) is 39.0. The summed E-state index contributed by atoms with van der Waals surface area (Å²) >= 11 is 0. The van der Waals surface area contributed by atoms with Crippen LogP contribution in [0.5, 0.6) is 5.88 Å². The maximum atomic E-state index is 14.6. The highest BCUT2D eigenvalue weighted by Crippen LogP contribution is 2.35. The van der Waals surface area contributed by atoms with Crippen LogP contribution in [0.1, 0.15) is 47.8 Å². The van der Waals surface area contributed by atoms with E-state index in [4.69, 9.17) is 20.3 Å². The SMILES string of the molecule is CC(C)(C)OC(=O)NCC(CN)Oc1ncc(F)cc1CNc1nn2c(N(Cc3ccccc3)Cc3ccccc3)c(-c3ccccc3)cnc2c1C(=O)O. The fourth-order valence-corrected chi connectivity index (χ4v) is 5.96. The van der Waals surface area contributed by atoms with E-state index in [1.165, 1.54) is 6.07 Å². The van der Waals surface area contributed by atoms with E-state index < -0.39 is 29.6 Å².